The lowest BCUT2D eigenvalue weighted by Gasteiger charge is -2.35. The topological polar surface area (TPSA) is 104 Å². The zero-order chi connectivity index (χ0) is 25.1. The second-order valence-electron chi connectivity index (χ2n) is 7.56. The number of carbonyl (C=O) groups excluding carboxylic acids is 1. The molecule has 0 bridgehead atoms. The quantitative estimate of drug-likeness (QED) is 0.615. The van der Waals surface area contributed by atoms with Crippen LogP contribution in [0.1, 0.15) is 30.2 Å². The number of hydrogen-bond acceptors (Lipinski definition) is 7. The number of aromatic amines is 1. The highest BCUT2D eigenvalue weighted by Crippen LogP contribution is 2.28. The van der Waals surface area contributed by atoms with Gasteiger partial charge in [0.1, 0.15) is 5.56 Å². The van der Waals surface area contributed by atoms with Crippen LogP contribution in [0.15, 0.2) is 23.3 Å². The molecular formula is C19H20F6N6O3. The molecule has 1 aliphatic rings. The summed E-state index contributed by atoms with van der Waals surface area (Å²) in [5.74, 6) is -0.130. The first-order chi connectivity index (χ1) is 15.8. The summed E-state index contributed by atoms with van der Waals surface area (Å²) in [4.78, 5) is 34.4. The minimum Gasteiger partial charge on any atom is -0.372 e. The van der Waals surface area contributed by atoms with Crippen molar-refractivity contribution in [2.45, 2.75) is 38.4 Å². The molecule has 1 unspecified atom stereocenters. The van der Waals surface area contributed by atoms with Crippen molar-refractivity contribution in [1.29, 1.82) is 0 Å². The lowest BCUT2D eigenvalue weighted by atomic mass is 10.2. The number of nitrogens with one attached hydrogen (secondary N) is 1. The van der Waals surface area contributed by atoms with E-state index in [4.69, 9.17) is 4.74 Å². The van der Waals surface area contributed by atoms with Crippen LogP contribution in [0.4, 0.5) is 32.3 Å². The SMILES string of the molecule is CC(CC(=O)N1CCN(c2ncc(C(F)(F)F)cn2)CC1)OCc1cc(C(F)(F)F)c(=O)[nH]n1. The number of nitrogens with zero attached hydrogens (tertiary/aromatic N) is 5. The summed E-state index contributed by atoms with van der Waals surface area (Å²) in [6, 6.07) is 0.593. The van der Waals surface area contributed by atoms with Gasteiger partial charge in [-0.3, -0.25) is 9.59 Å². The van der Waals surface area contributed by atoms with Gasteiger partial charge in [-0.2, -0.15) is 31.4 Å². The third-order valence-electron chi connectivity index (χ3n) is 5.02. The fourth-order valence-corrected chi connectivity index (χ4v) is 3.18. The van der Waals surface area contributed by atoms with Crippen molar-refractivity contribution >= 4 is 11.9 Å². The monoisotopic (exact) mass is 494 g/mol. The Morgan fingerprint density at radius 2 is 1.71 bits per heavy atom. The third-order valence-corrected chi connectivity index (χ3v) is 5.02. The van der Waals surface area contributed by atoms with Crippen LogP contribution in [0, 0.1) is 0 Å². The van der Waals surface area contributed by atoms with Gasteiger partial charge in [-0.05, 0) is 13.0 Å². The van der Waals surface area contributed by atoms with Crippen molar-refractivity contribution in [2.75, 3.05) is 31.1 Å². The number of ether oxygens (including phenoxy) is 1. The first-order valence-electron chi connectivity index (χ1n) is 10.0. The Hall–Kier alpha value is -3.23. The summed E-state index contributed by atoms with van der Waals surface area (Å²) in [6.45, 7) is 2.42. The number of halogens is 6. The standard InChI is InChI=1S/C19H20F6N6O3/c1-11(34-10-13-7-14(19(23,24)25)16(33)29-28-13)6-15(32)30-2-4-31(5-3-30)17-26-8-12(9-27-17)18(20,21)22/h7-9,11H,2-6,10H2,1H3,(H,29,33). The highest BCUT2D eigenvalue weighted by molar-refractivity contribution is 5.77. The predicted molar refractivity (Wildman–Crippen MR) is 105 cm³/mol. The highest BCUT2D eigenvalue weighted by Gasteiger charge is 2.35. The molecule has 1 saturated heterocycles. The van der Waals surface area contributed by atoms with E-state index in [-0.39, 0.29) is 43.7 Å². The van der Waals surface area contributed by atoms with E-state index < -0.39 is 35.1 Å². The number of aromatic nitrogens is 4. The van der Waals surface area contributed by atoms with E-state index in [9.17, 15) is 35.9 Å². The van der Waals surface area contributed by atoms with E-state index in [1.807, 2.05) is 0 Å². The van der Waals surface area contributed by atoms with Gasteiger partial charge in [-0.1, -0.05) is 0 Å². The molecule has 1 N–H and O–H groups in total. The van der Waals surface area contributed by atoms with Crippen LogP contribution >= 0.6 is 0 Å². The predicted octanol–water partition coefficient (Wildman–Crippen LogP) is 2.24. The maximum atomic E-state index is 12.8. The number of hydrogen-bond donors (Lipinski definition) is 1. The second kappa shape index (κ2) is 9.95. The van der Waals surface area contributed by atoms with Gasteiger partial charge in [0.15, 0.2) is 0 Å². The molecule has 2 aromatic heterocycles. The molecule has 186 valence electrons. The van der Waals surface area contributed by atoms with Gasteiger partial charge in [-0.25, -0.2) is 15.1 Å². The molecule has 1 amide bonds. The zero-order valence-electron chi connectivity index (χ0n) is 17.8. The van der Waals surface area contributed by atoms with E-state index in [2.05, 4.69) is 15.1 Å². The maximum Gasteiger partial charge on any atom is 0.421 e. The summed E-state index contributed by atoms with van der Waals surface area (Å²) in [5, 5.41) is 5.28. The van der Waals surface area contributed by atoms with Crippen molar-refractivity contribution in [1.82, 2.24) is 25.1 Å². The highest BCUT2D eigenvalue weighted by atomic mass is 19.4. The molecule has 0 saturated carbocycles. The van der Waals surface area contributed by atoms with Crippen molar-refractivity contribution in [3.05, 3.63) is 45.6 Å². The summed E-state index contributed by atoms with van der Waals surface area (Å²) < 4.78 is 81.7. The Morgan fingerprint density at radius 1 is 1.09 bits per heavy atom. The van der Waals surface area contributed by atoms with Crippen LogP contribution in [0.3, 0.4) is 0 Å². The van der Waals surface area contributed by atoms with Crippen molar-refractivity contribution in [2.24, 2.45) is 0 Å². The molecular weight excluding hydrogens is 474 g/mol. The number of carbonyl (C=O) groups is 1. The van der Waals surface area contributed by atoms with Crippen molar-refractivity contribution in [3.63, 3.8) is 0 Å². The molecule has 2 aromatic rings. The normalized spacial score (nSPS) is 16.0. The first-order valence-corrected chi connectivity index (χ1v) is 10.0. The van der Waals surface area contributed by atoms with Gasteiger partial charge in [0.2, 0.25) is 11.9 Å². The Labute approximate surface area is 188 Å². The second-order valence-corrected chi connectivity index (χ2v) is 7.56. The van der Waals surface area contributed by atoms with E-state index in [1.54, 1.807) is 21.8 Å². The third kappa shape index (κ3) is 6.42. The number of alkyl halides is 6. The van der Waals surface area contributed by atoms with E-state index in [1.165, 1.54) is 0 Å². The maximum absolute atomic E-state index is 12.8. The smallest absolute Gasteiger partial charge is 0.372 e. The molecule has 1 atom stereocenters. The first kappa shape index (κ1) is 25.4. The number of anilines is 1. The van der Waals surface area contributed by atoms with Gasteiger partial charge < -0.3 is 14.5 Å². The number of H-pyrrole nitrogens is 1. The molecule has 15 heteroatoms. The minimum atomic E-state index is -4.83. The van der Waals surface area contributed by atoms with Gasteiger partial charge in [-0.15, -0.1) is 0 Å². The Kier molecular flexibility index (Phi) is 7.43. The van der Waals surface area contributed by atoms with Gasteiger partial charge in [0.25, 0.3) is 5.56 Å². The summed E-state index contributed by atoms with van der Waals surface area (Å²) in [6.07, 6.45) is -8.66. The summed E-state index contributed by atoms with van der Waals surface area (Å²) in [5.41, 5.74) is -3.85. The van der Waals surface area contributed by atoms with E-state index >= 15 is 0 Å². The Balaban J connectivity index is 1.47. The summed E-state index contributed by atoms with van der Waals surface area (Å²) >= 11 is 0. The largest absolute Gasteiger partial charge is 0.421 e. The van der Waals surface area contributed by atoms with Crippen LogP contribution in [0.2, 0.25) is 0 Å². The van der Waals surface area contributed by atoms with Crippen molar-refractivity contribution in [3.8, 4) is 0 Å². The van der Waals surface area contributed by atoms with Gasteiger partial charge in [0, 0.05) is 38.6 Å². The fourth-order valence-electron chi connectivity index (χ4n) is 3.18. The molecule has 3 rings (SSSR count). The molecule has 34 heavy (non-hydrogen) atoms. The Bertz CT molecular complexity index is 1050. The van der Waals surface area contributed by atoms with Crippen LogP contribution in [0.5, 0.6) is 0 Å². The summed E-state index contributed by atoms with van der Waals surface area (Å²) in [7, 11) is 0. The number of amides is 1. The number of rotatable bonds is 6. The van der Waals surface area contributed by atoms with E-state index in [0.29, 0.717) is 31.5 Å². The molecule has 0 aliphatic carbocycles. The average molecular weight is 494 g/mol. The molecule has 0 radical (unpaired) electrons. The molecule has 1 fully saturated rings. The molecule has 3 heterocycles. The minimum absolute atomic E-state index is 0.0493. The Morgan fingerprint density at radius 3 is 2.26 bits per heavy atom. The molecule has 0 spiro atoms. The van der Waals surface area contributed by atoms with Gasteiger partial charge >= 0.3 is 12.4 Å². The molecule has 1 aliphatic heterocycles. The lowest BCUT2D eigenvalue weighted by Crippen LogP contribution is -2.49. The lowest BCUT2D eigenvalue weighted by molar-refractivity contribution is -0.139. The van der Waals surface area contributed by atoms with Crippen LogP contribution in [-0.4, -0.2) is 63.3 Å². The van der Waals surface area contributed by atoms with Crippen LogP contribution in [-0.2, 0) is 28.5 Å². The van der Waals surface area contributed by atoms with E-state index in [0.717, 1.165) is 0 Å². The van der Waals surface area contributed by atoms with Crippen molar-refractivity contribution < 1.29 is 35.9 Å². The van der Waals surface area contributed by atoms with Gasteiger partial charge in [0.05, 0.1) is 30.4 Å². The molecule has 9 nitrogen and oxygen atoms in total. The average Bonchev–Trinajstić information content (AvgIpc) is 2.77. The van der Waals surface area contributed by atoms with Crippen LogP contribution < -0.4 is 10.5 Å². The number of piperazine rings is 1. The molecule has 0 aromatic carbocycles. The zero-order valence-corrected chi connectivity index (χ0v) is 17.8. The van der Waals surface area contributed by atoms with Crippen LogP contribution in [0.25, 0.3) is 0 Å². The fraction of sp³-hybridized carbons (Fsp3) is 0.526.